The number of amides is 1. The molecule has 0 unspecified atom stereocenters. The van der Waals surface area contributed by atoms with E-state index in [-0.39, 0.29) is 45.8 Å². The summed E-state index contributed by atoms with van der Waals surface area (Å²) in [6.45, 7) is 8.42. The zero-order chi connectivity index (χ0) is 26.0. The molecule has 0 saturated heterocycles. The first kappa shape index (κ1) is 26.4. The lowest BCUT2D eigenvalue weighted by Gasteiger charge is -2.39. The molecule has 0 radical (unpaired) electrons. The standard InChI is InChI=1S/C27H37N3O5S/c1-16-5-7-17(8-6-16)24(32)30(20-15-21(27(2,3)4)36-23(20)25(33)34)18-9-11-19(12-10-18)35-26-28-14-13-22(31)29-26/h13-19H,5-12H2,1-4H3,(H,33,34)(H,28,29,31)/t16-,17-,18-,19-. The molecule has 2 N–H and O–H groups in total. The van der Waals surface area contributed by atoms with Crippen molar-refractivity contribution in [3.63, 3.8) is 0 Å². The number of aromatic amines is 1. The van der Waals surface area contributed by atoms with Crippen LogP contribution >= 0.6 is 11.3 Å². The summed E-state index contributed by atoms with van der Waals surface area (Å²) >= 11 is 1.27. The summed E-state index contributed by atoms with van der Waals surface area (Å²) in [4.78, 5) is 47.6. The van der Waals surface area contributed by atoms with Crippen LogP contribution in [-0.4, -0.2) is 39.1 Å². The molecule has 196 valence electrons. The minimum atomic E-state index is -0.989. The van der Waals surface area contributed by atoms with Gasteiger partial charge in [-0.1, -0.05) is 27.7 Å². The Kier molecular flexibility index (Phi) is 7.87. The van der Waals surface area contributed by atoms with E-state index in [0.717, 1.165) is 30.6 Å². The minimum Gasteiger partial charge on any atom is -0.477 e. The molecular weight excluding hydrogens is 478 g/mol. The van der Waals surface area contributed by atoms with Crippen molar-refractivity contribution in [3.8, 4) is 6.01 Å². The van der Waals surface area contributed by atoms with Gasteiger partial charge in [0.25, 0.3) is 11.6 Å². The molecule has 2 heterocycles. The highest BCUT2D eigenvalue weighted by atomic mass is 32.1. The summed E-state index contributed by atoms with van der Waals surface area (Å²) in [5.74, 6) is -0.387. The van der Waals surface area contributed by atoms with Crippen LogP contribution in [-0.2, 0) is 10.2 Å². The van der Waals surface area contributed by atoms with Crippen molar-refractivity contribution in [2.45, 2.75) is 96.6 Å². The number of hydrogen-bond donors (Lipinski definition) is 2. The Bertz CT molecular complexity index is 1130. The predicted molar refractivity (Wildman–Crippen MR) is 140 cm³/mol. The summed E-state index contributed by atoms with van der Waals surface area (Å²) in [7, 11) is 0. The molecule has 0 bridgehead atoms. The minimum absolute atomic E-state index is 0.0566. The van der Waals surface area contributed by atoms with Crippen molar-refractivity contribution in [2.24, 2.45) is 11.8 Å². The summed E-state index contributed by atoms with van der Waals surface area (Å²) in [6.07, 6.45) is 7.80. The monoisotopic (exact) mass is 515 g/mol. The lowest BCUT2D eigenvalue weighted by Crippen LogP contribution is -2.47. The maximum atomic E-state index is 14.0. The number of rotatable bonds is 6. The highest BCUT2D eigenvalue weighted by Crippen LogP contribution is 2.42. The molecule has 0 aromatic carbocycles. The number of hydrogen-bond acceptors (Lipinski definition) is 6. The second kappa shape index (κ2) is 10.7. The smallest absolute Gasteiger partial charge is 0.348 e. The van der Waals surface area contributed by atoms with Gasteiger partial charge < -0.3 is 14.7 Å². The maximum Gasteiger partial charge on any atom is 0.348 e. The Balaban J connectivity index is 1.60. The molecule has 1 amide bonds. The Morgan fingerprint density at radius 2 is 1.78 bits per heavy atom. The number of H-pyrrole nitrogens is 1. The van der Waals surface area contributed by atoms with Gasteiger partial charge in [-0.05, 0) is 68.8 Å². The largest absolute Gasteiger partial charge is 0.477 e. The molecule has 2 aromatic heterocycles. The van der Waals surface area contributed by atoms with E-state index in [1.807, 2.05) is 11.0 Å². The lowest BCUT2D eigenvalue weighted by molar-refractivity contribution is -0.124. The number of aromatic nitrogens is 2. The number of carbonyl (C=O) groups is 2. The van der Waals surface area contributed by atoms with E-state index < -0.39 is 5.97 Å². The highest BCUT2D eigenvalue weighted by Gasteiger charge is 2.38. The number of thiophene rings is 1. The van der Waals surface area contributed by atoms with Crippen LogP contribution in [0.3, 0.4) is 0 Å². The number of nitrogens with zero attached hydrogens (tertiary/aromatic N) is 2. The third-order valence-corrected chi connectivity index (χ3v) is 8.98. The van der Waals surface area contributed by atoms with Gasteiger partial charge in [-0.25, -0.2) is 9.78 Å². The normalized spacial score (nSPS) is 24.8. The summed E-state index contributed by atoms with van der Waals surface area (Å²) in [5, 5.41) is 10.1. The van der Waals surface area contributed by atoms with Gasteiger partial charge in [0.05, 0.1) is 5.69 Å². The van der Waals surface area contributed by atoms with Gasteiger partial charge in [-0.3, -0.25) is 14.6 Å². The van der Waals surface area contributed by atoms with Gasteiger partial charge in [-0.2, -0.15) is 0 Å². The van der Waals surface area contributed by atoms with Crippen molar-refractivity contribution in [3.05, 3.63) is 38.4 Å². The number of carboxylic acid groups (broad SMARTS) is 1. The van der Waals surface area contributed by atoms with Crippen LogP contribution < -0.4 is 15.2 Å². The second-order valence-corrected chi connectivity index (χ2v) is 12.4. The third-order valence-electron chi connectivity index (χ3n) is 7.44. The predicted octanol–water partition coefficient (Wildman–Crippen LogP) is 5.38. The zero-order valence-electron chi connectivity index (χ0n) is 21.6. The van der Waals surface area contributed by atoms with Crippen LogP contribution in [0, 0.1) is 11.8 Å². The Morgan fingerprint density at radius 3 is 2.36 bits per heavy atom. The number of ether oxygens (including phenoxy) is 1. The molecule has 2 saturated carbocycles. The molecule has 0 atom stereocenters. The van der Waals surface area contributed by atoms with Crippen molar-refractivity contribution < 1.29 is 19.4 Å². The topological polar surface area (TPSA) is 113 Å². The first-order chi connectivity index (χ1) is 17.0. The quantitative estimate of drug-likeness (QED) is 0.534. The number of nitrogens with one attached hydrogen (secondary N) is 1. The molecule has 2 aliphatic carbocycles. The van der Waals surface area contributed by atoms with Crippen molar-refractivity contribution >= 4 is 28.9 Å². The number of aromatic carboxylic acids is 1. The highest BCUT2D eigenvalue weighted by molar-refractivity contribution is 7.14. The van der Waals surface area contributed by atoms with E-state index in [0.29, 0.717) is 37.3 Å². The Morgan fingerprint density at radius 1 is 1.11 bits per heavy atom. The fraction of sp³-hybridized carbons (Fsp3) is 0.630. The number of carbonyl (C=O) groups excluding carboxylic acids is 1. The maximum absolute atomic E-state index is 14.0. The molecule has 8 nitrogen and oxygen atoms in total. The first-order valence-electron chi connectivity index (χ1n) is 13.0. The van der Waals surface area contributed by atoms with Gasteiger partial charge in [0.2, 0.25) is 5.91 Å². The SMILES string of the molecule is CC(C)(C)c1cc(N(C(=O)[C@H]2CC[C@H](C)CC2)[C@H]2CC[C@H](Oc3nccc(=O)[nH]3)CC2)c(C(=O)O)s1. The molecule has 2 aromatic rings. The number of anilines is 1. The molecule has 9 heteroatoms. The molecular formula is C27H37N3O5S. The summed E-state index contributed by atoms with van der Waals surface area (Å²) in [5.41, 5.74) is 0.0627. The molecule has 2 fully saturated rings. The van der Waals surface area contributed by atoms with Crippen molar-refractivity contribution in [1.29, 1.82) is 0 Å². The van der Waals surface area contributed by atoms with Gasteiger partial charge in [0, 0.05) is 29.1 Å². The van der Waals surface area contributed by atoms with E-state index in [1.165, 1.54) is 23.6 Å². The van der Waals surface area contributed by atoms with Crippen LogP contribution in [0.25, 0.3) is 0 Å². The van der Waals surface area contributed by atoms with E-state index >= 15 is 0 Å². The van der Waals surface area contributed by atoms with E-state index in [4.69, 9.17) is 4.74 Å². The van der Waals surface area contributed by atoms with Crippen LogP contribution in [0.5, 0.6) is 6.01 Å². The van der Waals surface area contributed by atoms with Gasteiger partial charge in [-0.15, -0.1) is 11.3 Å². The Labute approximate surface area is 216 Å². The average molecular weight is 516 g/mol. The third kappa shape index (κ3) is 5.99. The lowest BCUT2D eigenvalue weighted by atomic mass is 9.81. The van der Waals surface area contributed by atoms with Crippen LogP contribution in [0.15, 0.2) is 23.1 Å². The van der Waals surface area contributed by atoms with Crippen molar-refractivity contribution in [1.82, 2.24) is 9.97 Å². The Hall–Kier alpha value is -2.68. The van der Waals surface area contributed by atoms with Crippen LogP contribution in [0.1, 0.15) is 93.6 Å². The van der Waals surface area contributed by atoms with Crippen molar-refractivity contribution in [2.75, 3.05) is 4.90 Å². The van der Waals surface area contributed by atoms with E-state index in [1.54, 1.807) is 0 Å². The second-order valence-electron chi connectivity index (χ2n) is 11.3. The van der Waals surface area contributed by atoms with E-state index in [9.17, 15) is 19.5 Å². The molecule has 4 rings (SSSR count). The van der Waals surface area contributed by atoms with Crippen LogP contribution in [0.2, 0.25) is 0 Å². The fourth-order valence-electron chi connectivity index (χ4n) is 5.27. The van der Waals surface area contributed by atoms with Gasteiger partial charge in [0.1, 0.15) is 11.0 Å². The summed E-state index contributed by atoms with van der Waals surface area (Å²) in [6, 6.07) is 3.38. The molecule has 0 aliphatic heterocycles. The molecule has 0 spiro atoms. The van der Waals surface area contributed by atoms with Crippen LogP contribution in [0.4, 0.5) is 5.69 Å². The molecule has 36 heavy (non-hydrogen) atoms. The first-order valence-corrected chi connectivity index (χ1v) is 13.8. The van der Waals surface area contributed by atoms with E-state index in [2.05, 4.69) is 37.7 Å². The number of carboxylic acids is 1. The molecule has 2 aliphatic rings. The van der Waals surface area contributed by atoms with Gasteiger partial charge in [0.15, 0.2) is 0 Å². The summed E-state index contributed by atoms with van der Waals surface area (Å²) < 4.78 is 5.91. The zero-order valence-corrected chi connectivity index (χ0v) is 22.4. The van der Waals surface area contributed by atoms with Gasteiger partial charge >= 0.3 is 5.97 Å². The fourth-order valence-corrected chi connectivity index (χ4v) is 6.32. The average Bonchev–Trinajstić information content (AvgIpc) is 3.27.